The van der Waals surface area contributed by atoms with E-state index >= 15 is 0 Å². The number of allylic oxidation sites excluding steroid dienone is 1. The van der Waals surface area contributed by atoms with Crippen molar-refractivity contribution in [1.82, 2.24) is 0 Å². The Morgan fingerprint density at radius 2 is 2.24 bits per heavy atom. The van der Waals surface area contributed by atoms with Gasteiger partial charge in [0.2, 0.25) is 0 Å². The average molecular weight is 237 g/mol. The Hall–Kier alpha value is -2.04. The Kier molecular flexibility index (Phi) is 3.27. The van der Waals surface area contributed by atoms with E-state index in [9.17, 15) is 14.3 Å². The third-order valence-electron chi connectivity index (χ3n) is 2.30. The SMILES string of the molecule is O=C(Nc1cc(O)cc(F)c1)C1=CCCCO1. The quantitative estimate of drug-likeness (QED) is 0.828. The van der Waals surface area contributed by atoms with E-state index in [4.69, 9.17) is 4.74 Å². The summed E-state index contributed by atoms with van der Waals surface area (Å²) in [5.41, 5.74) is 0.197. The summed E-state index contributed by atoms with van der Waals surface area (Å²) in [5.74, 6) is -1.05. The monoisotopic (exact) mass is 237 g/mol. The van der Waals surface area contributed by atoms with Crippen LogP contribution in [0.1, 0.15) is 12.8 Å². The van der Waals surface area contributed by atoms with Crippen LogP contribution in [0.15, 0.2) is 30.0 Å². The molecule has 0 spiro atoms. The van der Waals surface area contributed by atoms with E-state index in [1.165, 1.54) is 6.07 Å². The molecule has 17 heavy (non-hydrogen) atoms. The summed E-state index contributed by atoms with van der Waals surface area (Å²) >= 11 is 0. The number of anilines is 1. The molecule has 0 bridgehead atoms. The molecule has 0 saturated carbocycles. The predicted octanol–water partition coefficient (Wildman–Crippen LogP) is 2.16. The molecule has 1 aromatic rings. The number of carbonyl (C=O) groups excluding carboxylic acids is 1. The fourth-order valence-electron chi connectivity index (χ4n) is 1.55. The molecule has 1 aliphatic rings. The van der Waals surface area contributed by atoms with Gasteiger partial charge >= 0.3 is 0 Å². The van der Waals surface area contributed by atoms with Crippen molar-refractivity contribution in [3.05, 3.63) is 35.9 Å². The zero-order valence-electron chi connectivity index (χ0n) is 9.07. The van der Waals surface area contributed by atoms with Crippen LogP contribution < -0.4 is 5.32 Å². The van der Waals surface area contributed by atoms with Crippen molar-refractivity contribution in [2.75, 3.05) is 11.9 Å². The standard InChI is InChI=1S/C12H12FNO3/c13-8-5-9(7-10(15)6-8)14-12(16)11-3-1-2-4-17-11/h3,5-7,15H,1-2,4H2,(H,14,16). The first kappa shape index (κ1) is 11.4. The second-order valence-corrected chi connectivity index (χ2v) is 3.71. The lowest BCUT2D eigenvalue weighted by Crippen LogP contribution is -2.18. The van der Waals surface area contributed by atoms with Crippen LogP contribution in [-0.4, -0.2) is 17.6 Å². The number of phenolic OH excluding ortho intramolecular Hbond substituents is 1. The van der Waals surface area contributed by atoms with Gasteiger partial charge in [0.1, 0.15) is 11.6 Å². The molecule has 1 aromatic carbocycles. The van der Waals surface area contributed by atoms with Crippen LogP contribution in [0.4, 0.5) is 10.1 Å². The molecular weight excluding hydrogens is 225 g/mol. The van der Waals surface area contributed by atoms with Crippen LogP contribution in [-0.2, 0) is 9.53 Å². The maximum Gasteiger partial charge on any atom is 0.290 e. The number of hydrogen-bond donors (Lipinski definition) is 2. The number of amides is 1. The van der Waals surface area contributed by atoms with Crippen LogP contribution in [0, 0.1) is 5.82 Å². The molecule has 1 heterocycles. The van der Waals surface area contributed by atoms with Gasteiger partial charge in [0.25, 0.3) is 5.91 Å². The molecule has 0 radical (unpaired) electrons. The summed E-state index contributed by atoms with van der Waals surface area (Å²) in [4.78, 5) is 11.7. The number of aromatic hydroxyl groups is 1. The number of hydrogen-bond acceptors (Lipinski definition) is 3. The van der Waals surface area contributed by atoms with E-state index in [2.05, 4.69) is 5.32 Å². The lowest BCUT2D eigenvalue weighted by molar-refractivity contribution is -0.116. The smallest absolute Gasteiger partial charge is 0.290 e. The number of benzene rings is 1. The second-order valence-electron chi connectivity index (χ2n) is 3.71. The molecule has 0 atom stereocenters. The Morgan fingerprint density at radius 1 is 1.41 bits per heavy atom. The van der Waals surface area contributed by atoms with Crippen molar-refractivity contribution >= 4 is 11.6 Å². The van der Waals surface area contributed by atoms with Crippen molar-refractivity contribution in [2.24, 2.45) is 0 Å². The van der Waals surface area contributed by atoms with Crippen molar-refractivity contribution in [1.29, 1.82) is 0 Å². The molecule has 0 unspecified atom stereocenters. The van der Waals surface area contributed by atoms with E-state index in [1.807, 2.05) is 0 Å². The molecule has 0 saturated heterocycles. The van der Waals surface area contributed by atoms with Crippen LogP contribution in [0.2, 0.25) is 0 Å². The van der Waals surface area contributed by atoms with E-state index in [0.717, 1.165) is 25.0 Å². The molecule has 5 heteroatoms. The summed E-state index contributed by atoms with van der Waals surface area (Å²) < 4.78 is 18.1. The molecule has 90 valence electrons. The van der Waals surface area contributed by atoms with Gasteiger partial charge in [-0.15, -0.1) is 0 Å². The molecule has 0 aliphatic carbocycles. The maximum absolute atomic E-state index is 13.0. The summed E-state index contributed by atoms with van der Waals surface area (Å²) in [6, 6.07) is 3.36. The summed E-state index contributed by atoms with van der Waals surface area (Å²) in [7, 11) is 0. The normalized spacial score (nSPS) is 14.8. The number of phenols is 1. The van der Waals surface area contributed by atoms with Gasteiger partial charge in [0.15, 0.2) is 5.76 Å². The van der Waals surface area contributed by atoms with Crippen LogP contribution in [0.3, 0.4) is 0 Å². The average Bonchev–Trinajstić information content (AvgIpc) is 2.28. The van der Waals surface area contributed by atoms with Gasteiger partial charge in [0, 0.05) is 17.8 Å². The highest BCUT2D eigenvalue weighted by Gasteiger charge is 2.14. The Bertz CT molecular complexity index is 451. The van der Waals surface area contributed by atoms with E-state index in [-0.39, 0.29) is 17.2 Å². The molecule has 1 amide bonds. The van der Waals surface area contributed by atoms with E-state index in [1.54, 1.807) is 6.08 Å². The molecule has 2 N–H and O–H groups in total. The second kappa shape index (κ2) is 4.86. The third kappa shape index (κ3) is 2.96. The van der Waals surface area contributed by atoms with Crippen molar-refractivity contribution in [3.63, 3.8) is 0 Å². The summed E-state index contributed by atoms with van der Waals surface area (Å²) in [6.45, 7) is 0.508. The van der Waals surface area contributed by atoms with Crippen LogP contribution in [0.25, 0.3) is 0 Å². The van der Waals surface area contributed by atoms with Gasteiger partial charge in [-0.2, -0.15) is 0 Å². The van der Waals surface area contributed by atoms with Crippen LogP contribution in [0.5, 0.6) is 5.75 Å². The van der Waals surface area contributed by atoms with E-state index in [0.29, 0.717) is 6.61 Å². The summed E-state index contributed by atoms with van der Waals surface area (Å²) in [6.07, 6.45) is 3.37. The predicted molar refractivity (Wildman–Crippen MR) is 60.0 cm³/mol. The minimum Gasteiger partial charge on any atom is -0.508 e. The van der Waals surface area contributed by atoms with Gasteiger partial charge in [-0.25, -0.2) is 4.39 Å². The zero-order valence-corrected chi connectivity index (χ0v) is 9.07. The molecule has 2 rings (SSSR count). The third-order valence-corrected chi connectivity index (χ3v) is 2.30. The first-order valence-corrected chi connectivity index (χ1v) is 5.29. The minimum absolute atomic E-state index is 0.197. The van der Waals surface area contributed by atoms with Crippen molar-refractivity contribution < 1.29 is 19.0 Å². The number of ether oxygens (including phenoxy) is 1. The van der Waals surface area contributed by atoms with Crippen molar-refractivity contribution in [3.8, 4) is 5.75 Å². The van der Waals surface area contributed by atoms with Gasteiger partial charge in [-0.1, -0.05) is 0 Å². The maximum atomic E-state index is 13.0. The molecule has 0 fully saturated rings. The number of halogens is 1. The van der Waals surface area contributed by atoms with Gasteiger partial charge in [-0.05, 0) is 25.0 Å². The minimum atomic E-state index is -0.612. The highest BCUT2D eigenvalue weighted by atomic mass is 19.1. The van der Waals surface area contributed by atoms with Gasteiger partial charge in [-0.3, -0.25) is 4.79 Å². The first-order valence-electron chi connectivity index (χ1n) is 5.29. The fourth-order valence-corrected chi connectivity index (χ4v) is 1.55. The number of nitrogens with one attached hydrogen (secondary N) is 1. The molecular formula is C12H12FNO3. The van der Waals surface area contributed by atoms with Crippen LogP contribution >= 0.6 is 0 Å². The highest BCUT2D eigenvalue weighted by Crippen LogP contribution is 2.20. The van der Waals surface area contributed by atoms with Gasteiger partial charge < -0.3 is 15.2 Å². The molecule has 4 nitrogen and oxygen atoms in total. The molecule has 1 aliphatic heterocycles. The lowest BCUT2D eigenvalue weighted by atomic mass is 10.2. The lowest BCUT2D eigenvalue weighted by Gasteiger charge is -2.14. The summed E-state index contributed by atoms with van der Waals surface area (Å²) in [5, 5.41) is 11.6. The zero-order chi connectivity index (χ0) is 12.3. The number of carbonyl (C=O) groups is 1. The largest absolute Gasteiger partial charge is 0.508 e. The highest BCUT2D eigenvalue weighted by molar-refractivity contribution is 6.02. The molecule has 0 aromatic heterocycles. The number of rotatable bonds is 2. The Labute approximate surface area is 97.7 Å². The van der Waals surface area contributed by atoms with Crippen molar-refractivity contribution in [2.45, 2.75) is 12.8 Å². The van der Waals surface area contributed by atoms with E-state index < -0.39 is 11.7 Å². The first-order chi connectivity index (χ1) is 8.15. The fraction of sp³-hybridized carbons (Fsp3) is 0.250. The Balaban J connectivity index is 2.09. The van der Waals surface area contributed by atoms with Gasteiger partial charge in [0.05, 0.1) is 6.61 Å². The topological polar surface area (TPSA) is 58.6 Å². The Morgan fingerprint density at radius 3 is 2.88 bits per heavy atom.